The van der Waals surface area contributed by atoms with Gasteiger partial charge in [0.15, 0.2) is 5.78 Å². The number of nitrogens with one attached hydrogen (secondary N) is 1. The summed E-state index contributed by atoms with van der Waals surface area (Å²) in [6.07, 6.45) is 0.273. The Hall–Kier alpha value is -2.66. The van der Waals surface area contributed by atoms with E-state index in [1.54, 1.807) is 6.92 Å². The highest BCUT2D eigenvalue weighted by atomic mass is 16.4. The van der Waals surface area contributed by atoms with Crippen molar-refractivity contribution in [2.24, 2.45) is 11.3 Å². The third-order valence-corrected chi connectivity index (χ3v) is 7.53. The molecule has 4 atom stereocenters. The van der Waals surface area contributed by atoms with Crippen LogP contribution in [-0.2, 0) is 10.2 Å². The molecule has 0 radical (unpaired) electrons. The number of aliphatic hydroxyl groups excluding tert-OH is 1. The number of carbonyl (C=O) groups is 2. The van der Waals surface area contributed by atoms with Crippen LogP contribution in [0.5, 0.6) is 0 Å². The molecule has 0 bridgehead atoms. The molecule has 5 nitrogen and oxygen atoms in total. The number of hydrogen-bond acceptors (Lipinski definition) is 3. The number of aromatic amines is 1. The van der Waals surface area contributed by atoms with Gasteiger partial charge < -0.3 is 15.2 Å². The number of Topliss-reactive ketones (excluding diaryl/α,β-unsaturated/α-hetero) is 1. The fourth-order valence-corrected chi connectivity index (χ4v) is 5.75. The molecule has 5 heteroatoms. The highest BCUT2D eigenvalue weighted by Crippen LogP contribution is 2.57. The monoisotopic (exact) mass is 377 g/mol. The normalized spacial score (nSPS) is 32.3. The molecule has 0 aliphatic heterocycles. The number of aliphatic carboxylic acids is 1. The van der Waals surface area contributed by atoms with E-state index in [2.05, 4.69) is 24.0 Å². The van der Waals surface area contributed by atoms with Gasteiger partial charge in [-0.25, -0.2) is 0 Å². The van der Waals surface area contributed by atoms with E-state index >= 15 is 0 Å². The molecule has 3 N–H and O–H groups in total. The van der Waals surface area contributed by atoms with Gasteiger partial charge in [0.05, 0.1) is 11.5 Å². The lowest BCUT2D eigenvalue weighted by molar-refractivity contribution is -0.170. The summed E-state index contributed by atoms with van der Waals surface area (Å²) in [6.45, 7) is 3.67. The van der Waals surface area contributed by atoms with Crippen LogP contribution in [0.15, 0.2) is 36.4 Å². The Balaban J connectivity index is 1.80. The lowest BCUT2D eigenvalue weighted by Crippen LogP contribution is -2.59. The molecule has 5 rings (SSSR count). The van der Waals surface area contributed by atoms with Crippen LogP contribution in [-0.4, -0.2) is 33.1 Å². The summed E-state index contributed by atoms with van der Waals surface area (Å²) in [5.74, 6) is -1.51. The number of hydrogen-bond donors (Lipinski definition) is 3. The number of aromatic nitrogens is 1. The molecule has 0 saturated heterocycles. The number of carboxylic acids is 1. The van der Waals surface area contributed by atoms with E-state index in [4.69, 9.17) is 0 Å². The fourth-order valence-electron chi connectivity index (χ4n) is 5.75. The van der Waals surface area contributed by atoms with Crippen LogP contribution >= 0.6 is 0 Å². The summed E-state index contributed by atoms with van der Waals surface area (Å²) in [7, 11) is 0. The summed E-state index contributed by atoms with van der Waals surface area (Å²) in [4.78, 5) is 28.6. The molecule has 28 heavy (non-hydrogen) atoms. The molecule has 1 fully saturated rings. The molecular formula is C23H23NO4. The Morgan fingerprint density at radius 2 is 1.89 bits per heavy atom. The predicted octanol–water partition coefficient (Wildman–Crippen LogP) is 4.03. The highest BCUT2D eigenvalue weighted by Gasteiger charge is 2.60. The zero-order valence-electron chi connectivity index (χ0n) is 16.0. The van der Waals surface area contributed by atoms with Crippen molar-refractivity contribution in [3.05, 3.63) is 47.5 Å². The maximum absolute atomic E-state index is 13.1. The van der Waals surface area contributed by atoms with E-state index < -0.39 is 28.8 Å². The maximum Gasteiger partial charge on any atom is 0.312 e. The van der Waals surface area contributed by atoms with Gasteiger partial charge in [0.25, 0.3) is 0 Å². The third kappa shape index (κ3) is 2.00. The van der Waals surface area contributed by atoms with Crippen molar-refractivity contribution in [1.82, 2.24) is 4.98 Å². The lowest BCUT2D eigenvalue weighted by Gasteiger charge is -2.54. The van der Waals surface area contributed by atoms with Crippen molar-refractivity contribution in [1.29, 1.82) is 0 Å². The molecule has 0 amide bonds. The summed E-state index contributed by atoms with van der Waals surface area (Å²) >= 11 is 0. The molecule has 1 aromatic heterocycles. The largest absolute Gasteiger partial charge is 0.481 e. The van der Waals surface area contributed by atoms with Crippen molar-refractivity contribution in [2.45, 2.75) is 44.6 Å². The number of ketones is 1. The minimum absolute atomic E-state index is 0.0420. The zero-order valence-corrected chi connectivity index (χ0v) is 16.0. The topological polar surface area (TPSA) is 90.4 Å². The number of fused-ring (bicyclic) bond motifs is 6. The smallest absolute Gasteiger partial charge is 0.312 e. The Kier molecular flexibility index (Phi) is 3.39. The number of carbonyl (C=O) groups excluding carboxylic acids is 1. The molecule has 2 aromatic carbocycles. The van der Waals surface area contributed by atoms with Gasteiger partial charge in [0.2, 0.25) is 0 Å². The third-order valence-electron chi connectivity index (χ3n) is 7.53. The Morgan fingerprint density at radius 1 is 1.14 bits per heavy atom. The molecular weight excluding hydrogens is 354 g/mol. The van der Waals surface area contributed by atoms with Crippen LogP contribution in [0.1, 0.15) is 49.0 Å². The van der Waals surface area contributed by atoms with E-state index in [1.165, 1.54) is 0 Å². The summed E-state index contributed by atoms with van der Waals surface area (Å²) in [6, 6.07) is 12.0. The quantitative estimate of drug-likeness (QED) is 0.597. The number of carboxylic acid groups (broad SMARTS) is 1. The zero-order chi connectivity index (χ0) is 19.8. The molecule has 3 aromatic rings. The average molecular weight is 377 g/mol. The van der Waals surface area contributed by atoms with Crippen molar-refractivity contribution in [3.8, 4) is 0 Å². The molecule has 1 heterocycles. The van der Waals surface area contributed by atoms with Crippen LogP contribution in [0.3, 0.4) is 0 Å². The van der Waals surface area contributed by atoms with Gasteiger partial charge in [-0.1, -0.05) is 25.1 Å². The number of para-hydroxylation sites is 1. The van der Waals surface area contributed by atoms with Crippen molar-refractivity contribution in [3.63, 3.8) is 0 Å². The number of aliphatic hydroxyl groups is 1. The van der Waals surface area contributed by atoms with E-state index in [9.17, 15) is 19.8 Å². The number of H-pyrrole nitrogens is 1. The van der Waals surface area contributed by atoms with Gasteiger partial charge >= 0.3 is 5.97 Å². The first-order chi connectivity index (χ1) is 13.3. The first-order valence-electron chi connectivity index (χ1n) is 9.76. The second kappa shape index (κ2) is 5.45. The van der Waals surface area contributed by atoms with Gasteiger partial charge in [-0.05, 0) is 54.9 Å². The second-order valence-electron chi connectivity index (χ2n) is 8.85. The lowest BCUT2D eigenvalue weighted by atomic mass is 9.48. The van der Waals surface area contributed by atoms with E-state index in [-0.39, 0.29) is 12.2 Å². The Labute approximate surface area is 162 Å². The van der Waals surface area contributed by atoms with Crippen molar-refractivity contribution >= 4 is 33.6 Å². The van der Waals surface area contributed by atoms with Crippen LogP contribution in [0, 0.1) is 11.3 Å². The second-order valence-corrected chi connectivity index (χ2v) is 8.85. The van der Waals surface area contributed by atoms with Gasteiger partial charge in [0.1, 0.15) is 0 Å². The van der Waals surface area contributed by atoms with Gasteiger partial charge in [-0.2, -0.15) is 0 Å². The fraction of sp³-hybridized carbons (Fsp3) is 0.391. The number of rotatable bonds is 1. The van der Waals surface area contributed by atoms with Crippen LogP contribution in [0.4, 0.5) is 0 Å². The first-order valence-corrected chi connectivity index (χ1v) is 9.76. The van der Waals surface area contributed by atoms with Gasteiger partial charge in [0, 0.05) is 33.8 Å². The summed E-state index contributed by atoms with van der Waals surface area (Å²) in [5.41, 5.74) is 1.74. The molecule has 1 saturated carbocycles. The highest BCUT2D eigenvalue weighted by molar-refractivity contribution is 6.11. The van der Waals surface area contributed by atoms with E-state index in [1.807, 2.05) is 24.3 Å². The van der Waals surface area contributed by atoms with Crippen LogP contribution < -0.4 is 0 Å². The standard InChI is InChI=1S/C23H23NO4/c1-22-8-7-20(26)23(2,21(27)28)19(22)11-18(25)14-10-17-13(9-15(14)22)12-5-3-4-6-16(12)24-17/h3-6,9-10,19-20,24,26H,7-8,11H2,1-2H3,(H,27,28)/t19-,20+,22+,23+/m1/s1. The molecule has 2 aliphatic carbocycles. The molecule has 0 spiro atoms. The van der Waals surface area contributed by atoms with Gasteiger partial charge in [-0.3, -0.25) is 9.59 Å². The minimum atomic E-state index is -1.34. The summed E-state index contributed by atoms with van der Waals surface area (Å²) in [5, 5.41) is 22.7. The maximum atomic E-state index is 13.1. The Bertz CT molecular complexity index is 1160. The average Bonchev–Trinajstić information content (AvgIpc) is 3.04. The van der Waals surface area contributed by atoms with Crippen molar-refractivity contribution < 1.29 is 19.8 Å². The first kappa shape index (κ1) is 17.4. The predicted molar refractivity (Wildman–Crippen MR) is 107 cm³/mol. The van der Waals surface area contributed by atoms with E-state index in [0.717, 1.165) is 27.4 Å². The SMILES string of the molecule is C[C@@]1(C(=O)O)[C@@H](O)CC[C@@]2(C)c3cc4c(cc3C(=O)C[C@@H]12)[nH]c1ccccc14. The van der Waals surface area contributed by atoms with Crippen molar-refractivity contribution in [2.75, 3.05) is 0 Å². The summed E-state index contributed by atoms with van der Waals surface area (Å²) < 4.78 is 0. The molecule has 144 valence electrons. The van der Waals surface area contributed by atoms with E-state index in [0.29, 0.717) is 18.4 Å². The van der Waals surface area contributed by atoms with Crippen LogP contribution in [0.2, 0.25) is 0 Å². The molecule has 2 aliphatic rings. The number of benzene rings is 2. The van der Waals surface area contributed by atoms with Gasteiger partial charge in [-0.15, -0.1) is 0 Å². The minimum Gasteiger partial charge on any atom is -0.481 e. The van der Waals surface area contributed by atoms with Crippen LogP contribution in [0.25, 0.3) is 21.8 Å². The Morgan fingerprint density at radius 3 is 2.64 bits per heavy atom. The molecule has 0 unspecified atom stereocenters.